The summed E-state index contributed by atoms with van der Waals surface area (Å²) in [7, 11) is 0. The second-order valence-corrected chi connectivity index (χ2v) is 6.49. The first kappa shape index (κ1) is 20.7. The van der Waals surface area contributed by atoms with Crippen molar-refractivity contribution in [2.75, 3.05) is 13.2 Å². The van der Waals surface area contributed by atoms with E-state index in [0.29, 0.717) is 43.0 Å². The quantitative estimate of drug-likeness (QED) is 0.484. The van der Waals surface area contributed by atoms with E-state index in [1.54, 1.807) is 19.1 Å². The van der Waals surface area contributed by atoms with Gasteiger partial charge in [0, 0.05) is 17.6 Å². The molecule has 0 saturated carbocycles. The van der Waals surface area contributed by atoms with Crippen molar-refractivity contribution in [2.45, 2.75) is 32.4 Å². The van der Waals surface area contributed by atoms with E-state index in [0.717, 1.165) is 12.5 Å². The molecule has 0 N–H and O–H groups in total. The number of hydrogen-bond acceptors (Lipinski definition) is 5. The van der Waals surface area contributed by atoms with Gasteiger partial charge >= 0.3 is 6.18 Å². The number of fused-ring (bicyclic) bond motifs is 1. The number of aryl methyl sites for hydroxylation is 1. The number of ether oxygens (including phenoxy) is 2. The Morgan fingerprint density at radius 3 is 2.45 bits per heavy atom. The summed E-state index contributed by atoms with van der Waals surface area (Å²) < 4.78 is 55.6. The van der Waals surface area contributed by atoms with Gasteiger partial charge in [-0.05, 0) is 44.4 Å². The normalized spacial score (nSPS) is 11.6. The zero-order valence-corrected chi connectivity index (χ0v) is 15.8. The van der Waals surface area contributed by atoms with E-state index >= 15 is 0 Å². The Morgan fingerprint density at radius 2 is 1.76 bits per heavy atom. The average Bonchev–Trinajstić information content (AvgIpc) is 2.67. The third-order valence-electron chi connectivity index (χ3n) is 4.27. The van der Waals surface area contributed by atoms with Gasteiger partial charge in [-0.15, -0.1) is 0 Å². The molecule has 8 heteroatoms. The van der Waals surface area contributed by atoms with Crippen LogP contribution in [0, 0.1) is 6.92 Å². The first-order valence-corrected chi connectivity index (χ1v) is 9.16. The van der Waals surface area contributed by atoms with Crippen LogP contribution in [-0.4, -0.2) is 18.2 Å². The van der Waals surface area contributed by atoms with E-state index in [1.807, 2.05) is 0 Å². The van der Waals surface area contributed by atoms with Gasteiger partial charge in [0.15, 0.2) is 0 Å². The largest absolute Gasteiger partial charge is 0.493 e. The maximum atomic E-state index is 13.1. The van der Waals surface area contributed by atoms with Crippen molar-refractivity contribution >= 4 is 10.9 Å². The van der Waals surface area contributed by atoms with Crippen molar-refractivity contribution in [2.24, 2.45) is 0 Å². The van der Waals surface area contributed by atoms with E-state index in [1.165, 1.54) is 24.6 Å². The lowest BCUT2D eigenvalue weighted by atomic mass is 10.1. The van der Waals surface area contributed by atoms with Gasteiger partial charge in [-0.3, -0.25) is 9.78 Å². The van der Waals surface area contributed by atoms with Gasteiger partial charge in [-0.1, -0.05) is 6.07 Å². The lowest BCUT2D eigenvalue weighted by Crippen LogP contribution is -2.08. The molecule has 0 unspecified atom stereocenters. The topological polar surface area (TPSA) is 61.6 Å². The molecule has 2 aromatic heterocycles. The minimum Gasteiger partial charge on any atom is -0.493 e. The highest BCUT2D eigenvalue weighted by atomic mass is 19.4. The van der Waals surface area contributed by atoms with Crippen molar-refractivity contribution in [1.82, 2.24) is 4.98 Å². The van der Waals surface area contributed by atoms with Crippen LogP contribution in [0.3, 0.4) is 0 Å². The number of pyridine rings is 1. The van der Waals surface area contributed by atoms with Crippen LogP contribution >= 0.6 is 0 Å². The van der Waals surface area contributed by atoms with Crippen LogP contribution in [0.15, 0.2) is 52.0 Å². The Balaban J connectivity index is 1.48. The van der Waals surface area contributed by atoms with E-state index < -0.39 is 11.7 Å². The number of aromatic nitrogens is 1. The Labute approximate surface area is 165 Å². The molecule has 0 aliphatic rings. The fourth-order valence-corrected chi connectivity index (χ4v) is 2.85. The van der Waals surface area contributed by atoms with E-state index in [-0.39, 0.29) is 16.7 Å². The van der Waals surface area contributed by atoms with Crippen molar-refractivity contribution in [1.29, 1.82) is 0 Å². The highest BCUT2D eigenvalue weighted by molar-refractivity contribution is 5.87. The van der Waals surface area contributed by atoms with Crippen LogP contribution in [-0.2, 0) is 6.18 Å². The van der Waals surface area contributed by atoms with Crippen LogP contribution in [0.1, 0.15) is 30.6 Å². The SMILES string of the molecule is Cc1cc(=O)c(OCCCCCOc2ccnc3c(C(F)(F)F)cccc23)co1. The van der Waals surface area contributed by atoms with Crippen LogP contribution < -0.4 is 14.9 Å². The lowest BCUT2D eigenvalue weighted by molar-refractivity contribution is -0.136. The fourth-order valence-electron chi connectivity index (χ4n) is 2.85. The highest BCUT2D eigenvalue weighted by Gasteiger charge is 2.33. The number of rotatable bonds is 8. The number of para-hydroxylation sites is 1. The van der Waals surface area contributed by atoms with Gasteiger partial charge in [0.25, 0.3) is 0 Å². The molecule has 0 fully saturated rings. The zero-order valence-electron chi connectivity index (χ0n) is 15.8. The molecule has 2 heterocycles. The van der Waals surface area contributed by atoms with Gasteiger partial charge in [0.05, 0.1) is 24.3 Å². The van der Waals surface area contributed by atoms with Crippen molar-refractivity contribution < 1.29 is 27.1 Å². The van der Waals surface area contributed by atoms with E-state index in [2.05, 4.69) is 4.98 Å². The molecule has 0 radical (unpaired) electrons. The monoisotopic (exact) mass is 407 g/mol. The van der Waals surface area contributed by atoms with Gasteiger partial charge in [0.1, 0.15) is 17.8 Å². The number of alkyl halides is 3. The molecule has 1 aromatic carbocycles. The standard InChI is InChI=1S/C21H20F3NO4/c1-14-12-17(26)19(13-29-14)28-11-4-2-3-10-27-18-8-9-25-20-15(18)6-5-7-16(20)21(22,23)24/h5-9,12-13H,2-4,10-11H2,1H3. The average molecular weight is 407 g/mol. The maximum absolute atomic E-state index is 13.1. The lowest BCUT2D eigenvalue weighted by Gasteiger charge is -2.13. The van der Waals surface area contributed by atoms with Crippen molar-refractivity contribution in [3.05, 3.63) is 64.3 Å². The molecule has 0 bridgehead atoms. The molecule has 0 amide bonds. The molecular weight excluding hydrogens is 387 g/mol. The third kappa shape index (κ3) is 5.28. The molecule has 0 spiro atoms. The van der Waals surface area contributed by atoms with Crippen LogP contribution in [0.2, 0.25) is 0 Å². The molecule has 154 valence electrons. The van der Waals surface area contributed by atoms with Crippen molar-refractivity contribution in [3.63, 3.8) is 0 Å². The Bertz CT molecular complexity index is 1030. The summed E-state index contributed by atoms with van der Waals surface area (Å²) in [6, 6.07) is 6.84. The molecular formula is C21H20F3NO4. The Hall–Kier alpha value is -3.03. The third-order valence-corrected chi connectivity index (χ3v) is 4.27. The predicted molar refractivity (Wildman–Crippen MR) is 101 cm³/mol. The first-order valence-electron chi connectivity index (χ1n) is 9.16. The highest BCUT2D eigenvalue weighted by Crippen LogP contribution is 2.36. The summed E-state index contributed by atoms with van der Waals surface area (Å²) in [4.78, 5) is 15.5. The van der Waals surface area contributed by atoms with E-state index in [9.17, 15) is 18.0 Å². The summed E-state index contributed by atoms with van der Waals surface area (Å²) in [5.74, 6) is 1.07. The van der Waals surface area contributed by atoms with E-state index in [4.69, 9.17) is 13.9 Å². The molecule has 3 rings (SSSR count). The number of halogens is 3. The van der Waals surface area contributed by atoms with Crippen molar-refractivity contribution in [3.8, 4) is 11.5 Å². The zero-order chi connectivity index (χ0) is 20.9. The van der Waals surface area contributed by atoms with Gasteiger partial charge in [0.2, 0.25) is 11.2 Å². The smallest absolute Gasteiger partial charge is 0.418 e. The fraction of sp³-hybridized carbons (Fsp3) is 0.333. The molecule has 3 aromatic rings. The van der Waals surface area contributed by atoms with Gasteiger partial charge < -0.3 is 13.9 Å². The Kier molecular flexibility index (Phi) is 6.41. The predicted octanol–water partition coefficient (Wildman–Crippen LogP) is 5.14. The van der Waals surface area contributed by atoms with Crippen LogP contribution in [0.25, 0.3) is 10.9 Å². The van der Waals surface area contributed by atoms with Crippen LogP contribution in [0.5, 0.6) is 11.5 Å². The number of nitrogens with zero attached hydrogens (tertiary/aromatic N) is 1. The summed E-state index contributed by atoms with van der Waals surface area (Å²) >= 11 is 0. The first-order chi connectivity index (χ1) is 13.9. The number of benzene rings is 1. The second kappa shape index (κ2) is 8.98. The summed E-state index contributed by atoms with van der Waals surface area (Å²) in [6.07, 6.45) is 0.298. The maximum Gasteiger partial charge on any atom is 0.418 e. The van der Waals surface area contributed by atoms with Crippen LogP contribution in [0.4, 0.5) is 13.2 Å². The Morgan fingerprint density at radius 1 is 1.03 bits per heavy atom. The molecule has 0 aliphatic heterocycles. The summed E-state index contributed by atoms with van der Waals surface area (Å²) in [6.45, 7) is 2.39. The second-order valence-electron chi connectivity index (χ2n) is 6.49. The van der Waals surface area contributed by atoms with Gasteiger partial charge in [-0.25, -0.2) is 0 Å². The molecule has 0 saturated heterocycles. The minimum absolute atomic E-state index is 0.122. The van der Waals surface area contributed by atoms with Gasteiger partial charge in [-0.2, -0.15) is 13.2 Å². The number of hydrogen-bond donors (Lipinski definition) is 0. The number of unbranched alkanes of at least 4 members (excludes halogenated alkanes) is 2. The molecule has 0 atom stereocenters. The summed E-state index contributed by atoms with van der Waals surface area (Å²) in [5, 5.41) is 0.330. The molecule has 0 aliphatic carbocycles. The minimum atomic E-state index is -4.47. The molecule has 5 nitrogen and oxygen atoms in total. The molecule has 29 heavy (non-hydrogen) atoms. The summed E-state index contributed by atoms with van der Waals surface area (Å²) in [5.41, 5.74) is -1.12.